The lowest BCUT2D eigenvalue weighted by atomic mass is 9.77. The first-order chi connectivity index (χ1) is 9.49. The summed E-state index contributed by atoms with van der Waals surface area (Å²) in [5, 5.41) is 18.6. The summed E-state index contributed by atoms with van der Waals surface area (Å²) >= 11 is 0. The smallest absolute Gasteiger partial charge is 0.157 e. The molecular formula is C16H28O4. The van der Waals surface area contributed by atoms with Crippen molar-refractivity contribution in [2.45, 2.75) is 52.2 Å². The van der Waals surface area contributed by atoms with Gasteiger partial charge < -0.3 is 19.7 Å². The van der Waals surface area contributed by atoms with E-state index in [4.69, 9.17) is 9.47 Å². The predicted molar refractivity (Wildman–Crippen MR) is 77.2 cm³/mol. The second kappa shape index (κ2) is 6.56. The third-order valence-electron chi connectivity index (χ3n) is 4.59. The molecule has 0 spiro atoms. The third kappa shape index (κ3) is 4.04. The van der Waals surface area contributed by atoms with Gasteiger partial charge in [-0.15, -0.1) is 0 Å². The van der Waals surface area contributed by atoms with Crippen LogP contribution in [0.1, 0.15) is 46.0 Å². The average Bonchev–Trinajstić information content (AvgIpc) is 2.47. The number of aliphatic hydroxyl groups is 2. The summed E-state index contributed by atoms with van der Waals surface area (Å²) in [6.45, 7) is 5.18. The average molecular weight is 284 g/mol. The van der Waals surface area contributed by atoms with Crippen LogP contribution in [-0.2, 0) is 9.47 Å². The van der Waals surface area contributed by atoms with Gasteiger partial charge in [0.15, 0.2) is 6.29 Å². The maximum atomic E-state index is 9.28. The molecule has 2 aliphatic rings. The molecule has 0 aromatic rings. The van der Waals surface area contributed by atoms with E-state index < -0.39 is 5.41 Å². The summed E-state index contributed by atoms with van der Waals surface area (Å²) < 4.78 is 11.3. The van der Waals surface area contributed by atoms with E-state index >= 15 is 0 Å². The van der Waals surface area contributed by atoms with Gasteiger partial charge in [-0.1, -0.05) is 25.5 Å². The molecule has 0 saturated carbocycles. The largest absolute Gasteiger partial charge is 0.396 e. The minimum absolute atomic E-state index is 0.101. The zero-order valence-corrected chi connectivity index (χ0v) is 12.7. The fourth-order valence-electron chi connectivity index (χ4n) is 2.68. The van der Waals surface area contributed by atoms with Crippen molar-refractivity contribution in [3.63, 3.8) is 0 Å². The lowest BCUT2D eigenvalue weighted by Gasteiger charge is -2.37. The number of rotatable bonds is 5. The van der Waals surface area contributed by atoms with E-state index in [1.807, 2.05) is 0 Å². The van der Waals surface area contributed by atoms with Crippen LogP contribution in [0.2, 0.25) is 0 Å². The highest BCUT2D eigenvalue weighted by Gasteiger charge is 2.36. The molecular weight excluding hydrogens is 256 g/mol. The number of allylic oxidation sites excluding steroid dienone is 2. The molecule has 1 saturated heterocycles. The number of hydrogen-bond acceptors (Lipinski definition) is 4. The highest BCUT2D eigenvalue weighted by Crippen LogP contribution is 2.36. The van der Waals surface area contributed by atoms with Crippen LogP contribution in [-0.4, -0.2) is 42.9 Å². The summed E-state index contributed by atoms with van der Waals surface area (Å²) in [4.78, 5) is 0. The SMILES string of the molecule is CC1(C)CC=C(CCC2OCC(CO)(CO)CO2)CC1. The zero-order valence-electron chi connectivity index (χ0n) is 12.7. The molecule has 0 unspecified atom stereocenters. The first-order valence-corrected chi connectivity index (χ1v) is 7.61. The standard InChI is InChI=1S/C16H28O4/c1-15(2)7-5-13(6-8-15)3-4-14-19-11-16(9-17,10-18)12-20-14/h5,14,17-18H,3-4,6-12H2,1-2H3. The minimum Gasteiger partial charge on any atom is -0.396 e. The fourth-order valence-corrected chi connectivity index (χ4v) is 2.68. The van der Waals surface area contributed by atoms with Crippen molar-refractivity contribution in [1.82, 2.24) is 0 Å². The normalized spacial score (nSPS) is 26.3. The Morgan fingerprint density at radius 2 is 1.85 bits per heavy atom. The van der Waals surface area contributed by atoms with Crippen molar-refractivity contribution in [2.75, 3.05) is 26.4 Å². The molecule has 2 rings (SSSR count). The summed E-state index contributed by atoms with van der Waals surface area (Å²) in [5.74, 6) is 0. The highest BCUT2D eigenvalue weighted by molar-refractivity contribution is 5.08. The predicted octanol–water partition coefficient (Wildman–Crippen LogP) is 2.25. The molecule has 4 heteroatoms. The van der Waals surface area contributed by atoms with Crippen LogP contribution in [0.5, 0.6) is 0 Å². The molecule has 0 bridgehead atoms. The van der Waals surface area contributed by atoms with Crippen LogP contribution in [0.4, 0.5) is 0 Å². The summed E-state index contributed by atoms with van der Waals surface area (Å²) in [5.41, 5.74) is 1.34. The topological polar surface area (TPSA) is 58.9 Å². The van der Waals surface area contributed by atoms with E-state index in [1.54, 1.807) is 0 Å². The molecule has 0 radical (unpaired) electrons. The summed E-state index contributed by atoms with van der Waals surface area (Å²) in [7, 11) is 0. The Bertz CT molecular complexity index is 334. The summed E-state index contributed by atoms with van der Waals surface area (Å²) in [6.07, 6.45) is 7.65. The van der Waals surface area contributed by atoms with E-state index in [2.05, 4.69) is 19.9 Å². The van der Waals surface area contributed by atoms with Gasteiger partial charge in [0.1, 0.15) is 0 Å². The lowest BCUT2D eigenvalue weighted by Crippen LogP contribution is -2.46. The van der Waals surface area contributed by atoms with E-state index in [9.17, 15) is 10.2 Å². The van der Waals surface area contributed by atoms with E-state index in [0.29, 0.717) is 18.6 Å². The molecule has 0 aromatic heterocycles. The van der Waals surface area contributed by atoms with Crippen LogP contribution < -0.4 is 0 Å². The van der Waals surface area contributed by atoms with Crippen molar-refractivity contribution in [3.8, 4) is 0 Å². The van der Waals surface area contributed by atoms with Crippen molar-refractivity contribution < 1.29 is 19.7 Å². The number of ether oxygens (including phenoxy) is 2. The van der Waals surface area contributed by atoms with Crippen LogP contribution >= 0.6 is 0 Å². The first kappa shape index (κ1) is 16.0. The summed E-state index contributed by atoms with van der Waals surface area (Å²) in [6, 6.07) is 0. The molecule has 0 amide bonds. The Kier molecular flexibility index (Phi) is 5.24. The van der Waals surface area contributed by atoms with Crippen molar-refractivity contribution in [2.24, 2.45) is 10.8 Å². The van der Waals surface area contributed by atoms with Gasteiger partial charge in [0, 0.05) is 6.42 Å². The van der Waals surface area contributed by atoms with Crippen LogP contribution in [0.25, 0.3) is 0 Å². The fraction of sp³-hybridized carbons (Fsp3) is 0.875. The van der Waals surface area contributed by atoms with E-state index in [1.165, 1.54) is 18.4 Å². The molecule has 0 atom stereocenters. The monoisotopic (exact) mass is 284 g/mol. The van der Waals surface area contributed by atoms with E-state index in [-0.39, 0.29) is 19.5 Å². The van der Waals surface area contributed by atoms with Crippen molar-refractivity contribution >= 4 is 0 Å². The third-order valence-corrected chi connectivity index (χ3v) is 4.59. The van der Waals surface area contributed by atoms with Gasteiger partial charge in [-0.3, -0.25) is 0 Å². The Hall–Kier alpha value is -0.420. The second-order valence-corrected chi connectivity index (χ2v) is 7.14. The molecule has 1 aliphatic heterocycles. The number of aliphatic hydroxyl groups excluding tert-OH is 2. The Labute approximate surface area is 121 Å². The first-order valence-electron chi connectivity index (χ1n) is 7.61. The molecule has 1 fully saturated rings. The molecule has 1 aliphatic carbocycles. The molecule has 4 nitrogen and oxygen atoms in total. The van der Waals surface area contributed by atoms with Crippen LogP contribution in [0.3, 0.4) is 0 Å². The van der Waals surface area contributed by atoms with Crippen molar-refractivity contribution in [1.29, 1.82) is 0 Å². The maximum Gasteiger partial charge on any atom is 0.157 e. The Morgan fingerprint density at radius 1 is 1.20 bits per heavy atom. The van der Waals surface area contributed by atoms with Crippen LogP contribution in [0.15, 0.2) is 11.6 Å². The quantitative estimate of drug-likeness (QED) is 0.760. The number of hydrogen-bond donors (Lipinski definition) is 2. The zero-order chi connectivity index (χ0) is 14.6. The molecule has 20 heavy (non-hydrogen) atoms. The van der Waals surface area contributed by atoms with Gasteiger partial charge >= 0.3 is 0 Å². The molecule has 2 N–H and O–H groups in total. The lowest BCUT2D eigenvalue weighted by molar-refractivity contribution is -0.245. The molecule has 116 valence electrons. The van der Waals surface area contributed by atoms with Gasteiger partial charge in [-0.05, 0) is 31.1 Å². The highest BCUT2D eigenvalue weighted by atomic mass is 16.7. The van der Waals surface area contributed by atoms with E-state index in [0.717, 1.165) is 19.3 Å². The molecule has 1 heterocycles. The van der Waals surface area contributed by atoms with Gasteiger partial charge in [0.25, 0.3) is 0 Å². The van der Waals surface area contributed by atoms with Crippen LogP contribution in [0, 0.1) is 10.8 Å². The molecule has 0 aromatic carbocycles. The maximum absolute atomic E-state index is 9.28. The van der Waals surface area contributed by atoms with Gasteiger partial charge in [-0.25, -0.2) is 0 Å². The Balaban J connectivity index is 1.73. The van der Waals surface area contributed by atoms with Crippen molar-refractivity contribution in [3.05, 3.63) is 11.6 Å². The van der Waals surface area contributed by atoms with Gasteiger partial charge in [-0.2, -0.15) is 0 Å². The van der Waals surface area contributed by atoms with Gasteiger partial charge in [0.2, 0.25) is 0 Å². The van der Waals surface area contributed by atoms with Gasteiger partial charge in [0.05, 0.1) is 31.8 Å². The second-order valence-electron chi connectivity index (χ2n) is 7.14. The minimum atomic E-state index is -0.620. The Morgan fingerprint density at radius 3 is 2.35 bits per heavy atom.